The Hall–Kier alpha value is -8.67. The van der Waals surface area contributed by atoms with E-state index in [0.717, 1.165) is 38.5 Å². The second-order valence-electron chi connectivity index (χ2n) is 23.8. The van der Waals surface area contributed by atoms with Gasteiger partial charge in [-0.3, -0.25) is 4.57 Å². The third kappa shape index (κ3) is 10.5. The van der Waals surface area contributed by atoms with Crippen LogP contribution in [0.4, 0.5) is 0 Å². The number of aromatic nitrogens is 4. The Kier molecular flexibility index (Phi) is 9.90. The normalized spacial score (nSPS) is 15.5. The van der Waals surface area contributed by atoms with Crippen LogP contribution < -0.4 is 30.1 Å². The minimum absolute atomic E-state index is 0. The number of benzene rings is 10. The zero-order valence-electron chi connectivity index (χ0n) is 68.1. The van der Waals surface area contributed by atoms with Crippen molar-refractivity contribution in [3.8, 4) is 50.9 Å². The van der Waals surface area contributed by atoms with E-state index in [-0.39, 0.29) is 65.5 Å². The Morgan fingerprint density at radius 1 is 0.494 bits per heavy atom. The van der Waals surface area contributed by atoms with Crippen molar-refractivity contribution in [1.29, 1.82) is 0 Å². The molecule has 0 spiro atoms. The molecule has 13 rings (SSSR count). The number of para-hydroxylation sites is 2. The van der Waals surface area contributed by atoms with E-state index in [2.05, 4.69) is 105 Å². The molecule has 0 amide bonds. The third-order valence-electron chi connectivity index (χ3n) is 15.3. The van der Waals surface area contributed by atoms with Gasteiger partial charge in [0.1, 0.15) is 5.82 Å². The molecule has 85 heavy (non-hydrogen) atoms. The molecule has 422 valence electrons. The molecule has 10 aromatic carbocycles. The van der Waals surface area contributed by atoms with Gasteiger partial charge in [-0.15, -0.1) is 29.7 Å². The first-order valence-electron chi connectivity index (χ1n) is 37.5. The van der Waals surface area contributed by atoms with E-state index in [0.29, 0.717) is 28.2 Å². The third-order valence-corrected chi connectivity index (χ3v) is 19.5. The van der Waals surface area contributed by atoms with Gasteiger partial charge < -0.3 is 13.9 Å². The molecule has 0 unspecified atom stereocenters. The van der Waals surface area contributed by atoms with Gasteiger partial charge in [0.2, 0.25) is 0 Å². The maximum atomic E-state index is 10.0. The number of hydrogen-bond acceptors (Lipinski definition) is 2. The Balaban J connectivity index is 0.0000104. The van der Waals surface area contributed by atoms with Gasteiger partial charge in [-0.05, 0) is 111 Å². The van der Waals surface area contributed by atoms with Crippen molar-refractivity contribution in [3.05, 3.63) is 284 Å². The zero-order valence-corrected chi connectivity index (χ0v) is 51.4. The Morgan fingerprint density at radius 2 is 1.08 bits per heavy atom. The quantitative estimate of drug-likeness (QED) is 0.0560. The van der Waals surface area contributed by atoms with Crippen LogP contribution in [0.25, 0.3) is 72.3 Å². The van der Waals surface area contributed by atoms with E-state index in [9.17, 15) is 19.2 Å². The van der Waals surface area contributed by atoms with Gasteiger partial charge in [-0.1, -0.05) is 255 Å². The van der Waals surface area contributed by atoms with Crippen molar-refractivity contribution in [2.75, 3.05) is 0 Å². The Bertz CT molecular complexity index is 5520. The average Bonchev–Trinajstić information content (AvgIpc) is 1.13. The molecule has 0 radical (unpaired) electrons. The van der Waals surface area contributed by atoms with Gasteiger partial charge in [0, 0.05) is 44.3 Å². The van der Waals surface area contributed by atoms with Gasteiger partial charge in [0.15, 0.2) is 8.07 Å². The molecule has 3 aromatic heterocycles. The first-order chi connectivity index (χ1) is 48.8. The monoisotopic (exact) mass is 1320 g/mol. The van der Waals surface area contributed by atoms with Crippen LogP contribution in [0.2, 0.25) is 0 Å². The van der Waals surface area contributed by atoms with Crippen molar-refractivity contribution in [2.45, 2.75) is 78.6 Å². The van der Waals surface area contributed by atoms with Crippen molar-refractivity contribution in [3.63, 3.8) is 0 Å². The van der Waals surface area contributed by atoms with Gasteiger partial charge in [0.25, 0.3) is 6.33 Å². The fourth-order valence-electron chi connectivity index (χ4n) is 11.0. The van der Waals surface area contributed by atoms with Gasteiger partial charge in [-0.2, -0.15) is 18.2 Å². The number of imidazole rings is 1. The molecule has 0 atom stereocenters. The van der Waals surface area contributed by atoms with Gasteiger partial charge >= 0.3 is 0 Å². The van der Waals surface area contributed by atoms with Crippen LogP contribution in [0, 0.1) is 18.5 Å². The van der Waals surface area contributed by atoms with Crippen LogP contribution in [-0.2, 0) is 37.3 Å². The molecule has 3 heterocycles. The number of rotatable bonds is 11. The van der Waals surface area contributed by atoms with Crippen molar-refractivity contribution in [1.82, 2.24) is 14.1 Å². The van der Waals surface area contributed by atoms with E-state index in [1.807, 2.05) is 53.1 Å². The predicted octanol–water partition coefficient (Wildman–Crippen LogP) is 16.2. The molecule has 0 aliphatic rings. The van der Waals surface area contributed by atoms with Crippen molar-refractivity contribution >= 4 is 61.7 Å². The minimum Gasteiger partial charge on any atom is -0.510 e. The summed E-state index contributed by atoms with van der Waals surface area (Å²) in [6, 6.07) is 24.7. The molecular formula is C78H68N4OPtSi-2. The van der Waals surface area contributed by atoms with Crippen LogP contribution in [0.3, 0.4) is 0 Å². The number of ether oxygens (including phenoxy) is 1. The summed E-state index contributed by atoms with van der Waals surface area (Å²) in [6.07, 6.45) is 5.27. The molecular weight excluding hydrogens is 1230 g/mol. The molecule has 13 aromatic rings. The predicted molar refractivity (Wildman–Crippen MR) is 351 cm³/mol. The maximum Gasteiger partial charge on any atom is 0.268 e. The second kappa shape index (κ2) is 22.4. The summed E-state index contributed by atoms with van der Waals surface area (Å²) in [4.78, 5) is 4.85. The molecule has 0 aliphatic heterocycles. The van der Waals surface area contributed by atoms with Crippen LogP contribution in [0.1, 0.15) is 106 Å². The molecule has 7 heteroatoms. The summed E-state index contributed by atoms with van der Waals surface area (Å²) < 4.78 is 202. The van der Waals surface area contributed by atoms with E-state index in [4.69, 9.17) is 17.9 Å². The van der Waals surface area contributed by atoms with Gasteiger partial charge in [-0.25, -0.2) is 4.98 Å². The first-order valence-corrected chi connectivity index (χ1v) is 29.5. The number of nitrogens with zero attached hydrogens (tertiary/aromatic N) is 4. The van der Waals surface area contributed by atoms with Crippen LogP contribution in [-0.4, -0.2) is 22.2 Å². The summed E-state index contributed by atoms with van der Waals surface area (Å²) in [6.45, 7) is 19.1. The fourth-order valence-corrected chi connectivity index (χ4v) is 15.0. The molecule has 0 fully saturated rings. The summed E-state index contributed by atoms with van der Waals surface area (Å²) in [5, 5.41) is -1.02. The fraction of sp³-hybridized carbons (Fsp3) is 0.154. The Morgan fingerprint density at radius 3 is 1.71 bits per heavy atom. The molecule has 0 saturated heterocycles. The maximum absolute atomic E-state index is 10.0. The molecule has 0 saturated carbocycles. The van der Waals surface area contributed by atoms with Crippen molar-refractivity contribution < 1.29 is 57.8 Å². The summed E-state index contributed by atoms with van der Waals surface area (Å²) in [5.74, 6) is 1.13. The minimum atomic E-state index is -6.11. The number of fused-ring (bicyclic) bond motifs is 4. The van der Waals surface area contributed by atoms with Crippen molar-refractivity contribution in [2.24, 2.45) is 0 Å². The Labute approximate surface area is 544 Å². The first kappa shape index (κ1) is 37.6. The van der Waals surface area contributed by atoms with Gasteiger partial charge in [0.05, 0.1) is 44.1 Å². The summed E-state index contributed by atoms with van der Waals surface area (Å²) in [5.41, 5.74) is 4.87. The smallest absolute Gasteiger partial charge is 0.268 e. The number of hydrogen-bond donors (Lipinski definition) is 0. The molecule has 5 nitrogen and oxygen atoms in total. The topological polar surface area (TPSA) is 35.9 Å². The van der Waals surface area contributed by atoms with Crippen LogP contribution in [0.5, 0.6) is 11.5 Å². The summed E-state index contributed by atoms with van der Waals surface area (Å²) in [7, 11) is -6.11. The van der Waals surface area contributed by atoms with Crippen LogP contribution >= 0.6 is 0 Å². The average molecular weight is 1320 g/mol. The van der Waals surface area contributed by atoms with E-state index in [1.54, 1.807) is 41.1 Å². The van der Waals surface area contributed by atoms with Crippen LogP contribution in [0.15, 0.2) is 248 Å². The molecule has 0 N–H and O–H groups in total. The largest absolute Gasteiger partial charge is 0.510 e. The van der Waals surface area contributed by atoms with E-state index < -0.39 is 155 Å². The summed E-state index contributed by atoms with van der Waals surface area (Å²) >= 11 is 0. The second-order valence-corrected chi connectivity index (χ2v) is 27.4. The standard InChI is InChI=1S/C78H68N4OSi.Pt/c1-76(2,3)57-44-45-79-74(50-57)82-69-38-23-22-36-67(69)68-42-41-62(52-71(68)82)83-61-29-24-28-60(51-61)80-53-81(70-43-40-55(48-72(70)80)56-46-58(77(4,5)6)49-59(47-56)78(7,8)9)75-66(54-26-14-10-15-27-54)37-25-39-73(75)84(63-30-16-11-17-31-63,64-32-18-12-19-33-64)65-34-20-13-21-35-65;/h10-50H,1-9H3;/q-2;/i10D,11D,12D,13D,14D,15D,16D,17D,18D,19D,20D,21D,26D,27D,30D,31D,32D,33D,34D,35D;. The van der Waals surface area contributed by atoms with E-state index >= 15 is 0 Å². The number of pyridine rings is 1. The van der Waals surface area contributed by atoms with E-state index in [1.165, 1.54) is 22.8 Å². The zero-order chi connectivity index (χ0) is 75.4. The SMILES string of the molecule is [2H]c1c([2H])c([2H])c(-c2cccc([Si](c3c([2H])c([2H])c([2H])c([2H])c3[2H])(c3c([2H])c([2H])c([2H])c([2H])c3[2H])c3c([2H])c([2H])c([2H])c([2H])c3[2H])c2-[n+]2[c-]n(-c3[c-]c(Oc4[c-]c5c(cc4)c4ccccc4n5-c4cc(C(C)(C)C)ccn4)ccc3)c3cc(-c4cc(C(C)(C)C)cc(C(C)(C)C)c4)ccc32)c([2H])c1[2H].[Pt]. The molecule has 0 aliphatic carbocycles. The molecule has 0 bridgehead atoms.